The van der Waals surface area contributed by atoms with E-state index in [2.05, 4.69) is 0 Å². The second-order valence-electron chi connectivity index (χ2n) is 0.577. The molecule has 0 amide bonds. The van der Waals surface area contributed by atoms with Gasteiger partial charge in [0.05, 0.1) is 0 Å². The third kappa shape index (κ3) is 106. The van der Waals surface area contributed by atoms with Gasteiger partial charge in [-0.2, -0.15) is 0 Å². The molecule has 0 bridgehead atoms. The molecule has 0 aromatic heterocycles. The maximum Gasteiger partial charge on any atom is 0.00461 e. The molecule has 4 N–H and O–H groups in total. The molecule has 0 heterocycles. The van der Waals surface area contributed by atoms with E-state index in [0.29, 0.717) is 13.1 Å². The maximum atomic E-state index is 6.25. The van der Waals surface area contributed by atoms with Gasteiger partial charge >= 0.3 is 0 Å². The van der Waals surface area contributed by atoms with Gasteiger partial charge in [0.1, 0.15) is 0 Å². The minimum atomic E-state index is 0. The summed E-state index contributed by atoms with van der Waals surface area (Å²) in [6.45, 7) is 5.94. The molecule has 0 unspecified atom stereocenters. The summed E-state index contributed by atoms with van der Waals surface area (Å²) in [6, 6.07) is 0. The van der Waals surface area contributed by atoms with E-state index in [9.17, 15) is 0 Å². The van der Waals surface area contributed by atoms with Crippen LogP contribution in [0, 0.1) is 11.8 Å². The molecule has 0 atom stereocenters. The zero-order valence-corrected chi connectivity index (χ0v) is 4.97. The summed E-state index contributed by atoms with van der Waals surface area (Å²) in [7, 11) is 0. The summed E-state index contributed by atoms with van der Waals surface area (Å²) in [4.78, 5) is 0. The summed E-state index contributed by atoms with van der Waals surface area (Å²) >= 11 is 0. The molecular formula is C3H8FeN3-. The van der Waals surface area contributed by atoms with Gasteiger partial charge in [-0.15, -0.1) is 0 Å². The summed E-state index contributed by atoms with van der Waals surface area (Å²) in [6.07, 6.45) is 0. The first-order valence-corrected chi connectivity index (χ1v) is 1.54. The molecule has 3 nitrogen and oxygen atoms in total. The predicted octanol–water partition coefficient (Wildman–Crippen LogP) is -1.00. The van der Waals surface area contributed by atoms with Crippen LogP contribution in [0.2, 0.25) is 0 Å². The standard InChI is InChI=1S/C2H8N2.CN.Fe/c3-1-2-4;1-2;/h1-4H2;;/q;-1;. The number of hydrogen-bond acceptors (Lipinski definition) is 3. The second-order valence-corrected chi connectivity index (χ2v) is 0.577. The Bertz CT molecular complexity index is 26.6. The van der Waals surface area contributed by atoms with Gasteiger partial charge in [-0.05, 0) is 0 Å². The van der Waals surface area contributed by atoms with Crippen LogP contribution in [0.15, 0.2) is 0 Å². The SMILES string of the molecule is NCCN.[C-]#N.[Fe]. The predicted molar refractivity (Wildman–Crippen MR) is 23.1 cm³/mol. The average molecular weight is 142 g/mol. The summed E-state index contributed by atoms with van der Waals surface area (Å²) < 4.78 is 0. The van der Waals surface area contributed by atoms with Gasteiger partial charge < -0.3 is 23.3 Å². The fourth-order valence-corrected chi connectivity index (χ4v) is 0. The first kappa shape index (κ1) is 15.8. The van der Waals surface area contributed by atoms with E-state index in [0.717, 1.165) is 0 Å². The fourth-order valence-electron chi connectivity index (χ4n) is 0. The number of rotatable bonds is 1. The number of nitrogens with two attached hydrogens (primary N) is 2. The average Bonchev–Trinajstić information content (AvgIpc) is 1.72. The molecule has 0 saturated carbocycles. The van der Waals surface area contributed by atoms with Crippen LogP contribution < -0.4 is 11.5 Å². The molecule has 0 saturated heterocycles. The Kier molecular flexibility index (Phi) is 87.2. The minimum Gasteiger partial charge on any atom is -0.512 e. The van der Waals surface area contributed by atoms with Gasteiger partial charge in [-0.1, -0.05) is 0 Å². The fraction of sp³-hybridized carbons (Fsp3) is 0.667. The Hall–Kier alpha value is -0.0705. The summed E-state index contributed by atoms with van der Waals surface area (Å²) in [5.74, 6) is 0. The van der Waals surface area contributed by atoms with Crippen molar-refractivity contribution in [2.24, 2.45) is 11.5 Å². The van der Waals surface area contributed by atoms with E-state index in [1.165, 1.54) is 0 Å². The van der Waals surface area contributed by atoms with Crippen molar-refractivity contribution in [2.75, 3.05) is 13.1 Å². The quantitative estimate of drug-likeness (QED) is 0.364. The first-order chi connectivity index (χ1) is 2.91. The Morgan fingerprint density at radius 3 is 1.29 bits per heavy atom. The molecule has 4 heteroatoms. The molecular weight excluding hydrogens is 134 g/mol. The Morgan fingerprint density at radius 1 is 1.14 bits per heavy atom. The third-order valence-electron chi connectivity index (χ3n) is 0.167. The van der Waals surface area contributed by atoms with E-state index < -0.39 is 0 Å². The monoisotopic (exact) mass is 142 g/mol. The van der Waals surface area contributed by atoms with Crippen LogP contribution >= 0.6 is 0 Å². The van der Waals surface area contributed by atoms with Gasteiger partial charge in [0.15, 0.2) is 0 Å². The molecule has 0 aromatic carbocycles. The topological polar surface area (TPSA) is 75.8 Å². The van der Waals surface area contributed by atoms with E-state index in [1.54, 1.807) is 0 Å². The van der Waals surface area contributed by atoms with Crippen molar-refractivity contribution < 1.29 is 17.1 Å². The Labute approximate surface area is 54.1 Å². The van der Waals surface area contributed by atoms with E-state index >= 15 is 0 Å². The van der Waals surface area contributed by atoms with Gasteiger partial charge in [-0.3, -0.25) is 0 Å². The van der Waals surface area contributed by atoms with Crippen molar-refractivity contribution >= 4 is 0 Å². The van der Waals surface area contributed by atoms with Crippen LogP contribution in [0.3, 0.4) is 0 Å². The molecule has 0 aliphatic rings. The van der Waals surface area contributed by atoms with Gasteiger partial charge in [0.25, 0.3) is 0 Å². The van der Waals surface area contributed by atoms with Crippen LogP contribution in [-0.2, 0) is 17.1 Å². The van der Waals surface area contributed by atoms with Gasteiger partial charge in [0.2, 0.25) is 0 Å². The molecule has 0 spiro atoms. The Balaban J connectivity index is -0.0000000480. The maximum absolute atomic E-state index is 6.25. The third-order valence-corrected chi connectivity index (χ3v) is 0.167. The Morgan fingerprint density at radius 2 is 1.29 bits per heavy atom. The van der Waals surface area contributed by atoms with Crippen molar-refractivity contribution in [2.45, 2.75) is 0 Å². The van der Waals surface area contributed by atoms with Crippen LogP contribution in [0.1, 0.15) is 0 Å². The first-order valence-electron chi connectivity index (χ1n) is 1.54. The molecule has 0 fully saturated rings. The molecule has 0 aliphatic carbocycles. The van der Waals surface area contributed by atoms with Crippen molar-refractivity contribution in [3.8, 4) is 0 Å². The molecule has 0 rings (SSSR count). The van der Waals surface area contributed by atoms with E-state index in [4.69, 9.17) is 23.3 Å². The smallest absolute Gasteiger partial charge is 0.00461 e. The minimum absolute atomic E-state index is 0. The van der Waals surface area contributed by atoms with E-state index in [-0.39, 0.29) is 17.1 Å². The largest absolute Gasteiger partial charge is 0.512 e. The van der Waals surface area contributed by atoms with Crippen molar-refractivity contribution in [1.29, 1.82) is 5.26 Å². The molecule has 0 aromatic rings. The molecule has 44 valence electrons. The van der Waals surface area contributed by atoms with Crippen LogP contribution in [0.5, 0.6) is 0 Å². The van der Waals surface area contributed by atoms with Crippen molar-refractivity contribution in [3.63, 3.8) is 0 Å². The summed E-state index contributed by atoms with van der Waals surface area (Å²) in [5, 5.41) is 6.25. The molecule has 7 heavy (non-hydrogen) atoms. The zero-order valence-electron chi connectivity index (χ0n) is 3.87. The summed E-state index contributed by atoms with van der Waals surface area (Å²) in [5.41, 5.74) is 9.81. The zero-order chi connectivity index (χ0) is 5.41. The number of nitrogens with zero attached hydrogens (tertiary/aromatic N) is 1. The van der Waals surface area contributed by atoms with E-state index in [1.807, 2.05) is 0 Å². The van der Waals surface area contributed by atoms with Gasteiger partial charge in [0, 0.05) is 30.2 Å². The van der Waals surface area contributed by atoms with Crippen molar-refractivity contribution in [3.05, 3.63) is 6.57 Å². The van der Waals surface area contributed by atoms with Crippen LogP contribution in [-0.4, -0.2) is 13.1 Å². The normalized spacial score (nSPS) is 4.57. The van der Waals surface area contributed by atoms with Crippen LogP contribution in [0.25, 0.3) is 0 Å². The molecule has 0 aliphatic heterocycles. The number of hydrogen-bond donors (Lipinski definition) is 2. The molecule has 0 radical (unpaired) electrons. The second kappa shape index (κ2) is 38.7. The van der Waals surface area contributed by atoms with Crippen molar-refractivity contribution in [1.82, 2.24) is 0 Å². The van der Waals surface area contributed by atoms with Gasteiger partial charge in [-0.25, -0.2) is 0 Å². The van der Waals surface area contributed by atoms with Crippen LogP contribution in [0.4, 0.5) is 0 Å².